The van der Waals surface area contributed by atoms with Crippen molar-refractivity contribution in [2.24, 2.45) is 35.5 Å². The van der Waals surface area contributed by atoms with Gasteiger partial charge in [-0.2, -0.15) is 0 Å². The molecule has 0 aromatic rings. The third kappa shape index (κ3) is 16.7. The first kappa shape index (κ1) is 60.4. The van der Waals surface area contributed by atoms with Gasteiger partial charge in [0, 0.05) is 65.1 Å². The Bertz CT molecular complexity index is 1980. The molecular weight excluding hydrogens is 934 g/mol. The number of methoxy groups -OCH3 is 3. The predicted octanol–water partition coefficient (Wildman–Crippen LogP) is 8.06. The van der Waals surface area contributed by atoms with Crippen molar-refractivity contribution < 1.29 is 71.5 Å². The fraction of sp³-hybridized carbons (Fsp3) is 0.759. The molecule has 3 aliphatic heterocycles. The number of fused-ring (bicyclic) bond motifs is 3. The highest BCUT2D eigenvalue weighted by Gasteiger charge is 2.53. The molecule has 0 radical (unpaired) electrons. The second-order valence-corrected chi connectivity index (χ2v) is 22.9. The molecule has 0 spiro atoms. The number of carbonyl (C=O) groups is 5. The van der Waals surface area contributed by atoms with E-state index in [1.165, 1.54) is 18.7 Å². The van der Waals surface area contributed by atoms with E-state index in [2.05, 4.69) is 0 Å². The number of esters is 1. The van der Waals surface area contributed by atoms with Gasteiger partial charge in [-0.15, -0.1) is 0 Å². The highest BCUT2D eigenvalue weighted by atomic mass is 31.2. The Morgan fingerprint density at radius 1 is 0.873 bits per heavy atom. The third-order valence-electron chi connectivity index (χ3n) is 15.1. The Balaban J connectivity index is 1.70. The van der Waals surface area contributed by atoms with Crippen LogP contribution in [0.15, 0.2) is 47.6 Å². The number of ether oxygens (including phenoxy) is 5. The number of carbonyl (C=O) groups excluding carboxylic acids is 5. The molecule has 71 heavy (non-hydrogen) atoms. The summed E-state index contributed by atoms with van der Waals surface area (Å²) in [6.45, 7) is 16.1. The number of nitrogens with zero attached hydrogens (tertiary/aromatic N) is 1. The molecule has 1 aliphatic carbocycles. The smallest absolute Gasteiger partial charge is 0.329 e. The fourth-order valence-corrected chi connectivity index (χ4v) is 12.0. The maximum Gasteiger partial charge on any atom is 0.329 e. The zero-order valence-corrected chi connectivity index (χ0v) is 45.4. The molecule has 402 valence electrons. The van der Waals surface area contributed by atoms with Gasteiger partial charge in [0.2, 0.25) is 5.79 Å². The zero-order chi connectivity index (χ0) is 52.8. The van der Waals surface area contributed by atoms with Gasteiger partial charge in [0.1, 0.15) is 30.1 Å². The van der Waals surface area contributed by atoms with Crippen LogP contribution in [0.4, 0.5) is 0 Å². The van der Waals surface area contributed by atoms with Crippen molar-refractivity contribution in [3.8, 4) is 0 Å². The van der Waals surface area contributed by atoms with Crippen LogP contribution < -0.4 is 0 Å². The lowest BCUT2D eigenvalue weighted by Gasteiger charge is -2.42. The van der Waals surface area contributed by atoms with Crippen molar-refractivity contribution in [3.63, 3.8) is 0 Å². The molecule has 2 bridgehead atoms. The summed E-state index contributed by atoms with van der Waals surface area (Å²) >= 11 is 0. The minimum absolute atomic E-state index is 0.00668. The van der Waals surface area contributed by atoms with E-state index in [-0.39, 0.29) is 55.3 Å². The highest BCUT2D eigenvalue weighted by molar-refractivity contribution is 7.53. The normalized spacial score (nSPS) is 38.9. The van der Waals surface area contributed by atoms with Crippen LogP contribution in [0.1, 0.15) is 132 Å². The molecule has 1 amide bonds. The first-order chi connectivity index (χ1) is 33.5. The quantitative estimate of drug-likeness (QED) is 0.0917. The van der Waals surface area contributed by atoms with Crippen LogP contribution in [0.25, 0.3) is 0 Å². The number of hydrogen-bond acceptors (Lipinski definition) is 15. The number of cyclic esters (lactones) is 1. The average Bonchev–Trinajstić information content (AvgIpc) is 3.33. The van der Waals surface area contributed by atoms with E-state index in [0.29, 0.717) is 69.8 Å². The second kappa shape index (κ2) is 27.9. The van der Waals surface area contributed by atoms with E-state index in [1.807, 2.05) is 58.1 Å². The average molecular weight is 1020 g/mol. The van der Waals surface area contributed by atoms with E-state index < -0.39 is 97.6 Å². The van der Waals surface area contributed by atoms with Gasteiger partial charge in [-0.05, 0) is 114 Å². The molecule has 5 unspecified atom stereocenters. The van der Waals surface area contributed by atoms with Crippen molar-refractivity contribution in [3.05, 3.63) is 47.6 Å². The van der Waals surface area contributed by atoms with Gasteiger partial charge in [0.25, 0.3) is 11.7 Å². The van der Waals surface area contributed by atoms with Gasteiger partial charge in [-0.3, -0.25) is 23.7 Å². The van der Waals surface area contributed by atoms with E-state index in [4.69, 9.17) is 32.7 Å². The van der Waals surface area contributed by atoms with Crippen LogP contribution in [-0.4, -0.2) is 140 Å². The number of aliphatic hydroxyl groups excluding tert-OH is 1. The summed E-state index contributed by atoms with van der Waals surface area (Å²) in [5, 5.41) is 23.5. The molecule has 0 aromatic heterocycles. The van der Waals surface area contributed by atoms with Crippen LogP contribution in [-0.2, 0) is 61.3 Å². The minimum Gasteiger partial charge on any atom is -0.460 e. The van der Waals surface area contributed by atoms with Gasteiger partial charge in [-0.1, -0.05) is 71.1 Å². The van der Waals surface area contributed by atoms with E-state index >= 15 is 0 Å². The van der Waals surface area contributed by atoms with Crippen LogP contribution >= 0.6 is 7.60 Å². The molecule has 17 heteroatoms. The van der Waals surface area contributed by atoms with Crippen LogP contribution in [0, 0.1) is 35.5 Å². The molecular formula is C54H86NO15P. The monoisotopic (exact) mass is 1020 g/mol. The largest absolute Gasteiger partial charge is 0.460 e. The topological polar surface area (TPSA) is 211 Å². The molecule has 4 rings (SSSR count). The molecule has 0 aromatic carbocycles. The molecule has 3 heterocycles. The predicted molar refractivity (Wildman–Crippen MR) is 269 cm³/mol. The number of rotatable bonds is 10. The van der Waals surface area contributed by atoms with Crippen molar-refractivity contribution in [1.82, 2.24) is 4.90 Å². The lowest BCUT2D eigenvalue weighted by Crippen LogP contribution is -2.61. The summed E-state index contributed by atoms with van der Waals surface area (Å²) in [4.78, 5) is 72.4. The SMILES string of the molecule is CCOP(C)(=O)O[C@@H]1CC[C@@H](C[C@@H](C)[C@@H]2CC(=O)[C@H](C)/C=C(\C)[C@@H](O)[C@@H](OC)C(=O)[C@H](C)C[C@H](C)/C=C/C=C/C=C(\C)[C@@H](OC)CC3CC[C@@H](C)C(O)(O3)C(=O)C(=O)N3CCCCC3C(=O)O2)CC1OC. The maximum absolute atomic E-state index is 14.5. The summed E-state index contributed by atoms with van der Waals surface area (Å²) in [5.41, 5.74) is 1.24. The lowest BCUT2D eigenvalue weighted by atomic mass is 9.78. The Labute approximate surface area is 423 Å². The second-order valence-electron chi connectivity index (χ2n) is 20.9. The third-order valence-corrected chi connectivity index (χ3v) is 16.5. The fourth-order valence-electron chi connectivity index (χ4n) is 10.7. The summed E-state index contributed by atoms with van der Waals surface area (Å²) in [7, 11) is 1.20. The van der Waals surface area contributed by atoms with Gasteiger partial charge in [-0.25, -0.2) is 4.79 Å². The maximum atomic E-state index is 14.5. The van der Waals surface area contributed by atoms with Crippen LogP contribution in [0.3, 0.4) is 0 Å². The molecule has 1 saturated carbocycles. The van der Waals surface area contributed by atoms with Crippen molar-refractivity contribution in [2.75, 3.05) is 41.1 Å². The first-order valence-corrected chi connectivity index (χ1v) is 27.9. The number of hydrogen-bond donors (Lipinski definition) is 2. The Hall–Kier alpha value is -3.18. The van der Waals surface area contributed by atoms with Gasteiger partial charge in [0.05, 0.1) is 31.0 Å². The summed E-state index contributed by atoms with van der Waals surface area (Å²) < 4.78 is 54.0. The van der Waals surface area contributed by atoms with E-state index in [0.717, 1.165) is 5.57 Å². The van der Waals surface area contributed by atoms with Crippen LogP contribution in [0.2, 0.25) is 0 Å². The molecule has 4 aliphatic rings. The number of aliphatic hydroxyl groups is 2. The number of piperidine rings is 1. The lowest BCUT2D eigenvalue weighted by molar-refractivity contribution is -0.265. The van der Waals surface area contributed by atoms with Crippen LogP contribution in [0.5, 0.6) is 0 Å². The molecule has 16 atom stereocenters. The van der Waals surface area contributed by atoms with Crippen molar-refractivity contribution in [2.45, 2.75) is 187 Å². The highest BCUT2D eigenvalue weighted by Crippen LogP contribution is 2.48. The summed E-state index contributed by atoms with van der Waals surface area (Å²) in [5.74, 6) is -8.26. The van der Waals surface area contributed by atoms with Crippen molar-refractivity contribution >= 4 is 36.8 Å². The summed E-state index contributed by atoms with van der Waals surface area (Å²) in [6, 6.07) is -1.17. The Kier molecular flexibility index (Phi) is 23.7. The number of Topliss-reactive ketones (excluding diaryl/α,β-unsaturated/α-hetero) is 3. The van der Waals surface area contributed by atoms with E-state index in [9.17, 15) is 38.8 Å². The van der Waals surface area contributed by atoms with E-state index in [1.54, 1.807) is 48.0 Å². The Morgan fingerprint density at radius 3 is 2.25 bits per heavy atom. The zero-order valence-electron chi connectivity index (χ0n) is 44.5. The number of allylic oxidation sites excluding steroid dienone is 6. The number of ketones is 3. The van der Waals surface area contributed by atoms with Gasteiger partial charge in [0.15, 0.2) is 5.78 Å². The molecule has 3 fully saturated rings. The number of amides is 1. The van der Waals surface area contributed by atoms with Crippen molar-refractivity contribution in [1.29, 1.82) is 0 Å². The molecule has 16 nitrogen and oxygen atoms in total. The standard InChI is InChI=1S/C54H86NO15P/c1-13-67-71(12,63)70-44-25-23-40(30-47(44)65-10)29-36(5)46-32-43(56)35(4)28-38(7)49(58)50(66-11)48(57)37(6)27-33(2)19-15-14-16-20-34(3)45(64-9)31-41-24-22-39(8)54(62,69-41)51(59)52(60)55-26-18-17-21-42(55)53(61)68-46/h14-16,19-20,28,33,35-37,39-42,44-47,49-50,58,62H,13,17-18,21-27,29-32H2,1-12H3/b16-14+,19-15+,34-20+,38-28+/t33-,35-,36-,37-,39-,40+,41?,42?,44-,45+,46+,47?,49-,50+,54?,71?/m1/s1. The summed E-state index contributed by atoms with van der Waals surface area (Å²) in [6.07, 6.45) is 10.8. The Morgan fingerprint density at radius 2 is 1.59 bits per heavy atom. The minimum atomic E-state index is -3.32. The first-order valence-electron chi connectivity index (χ1n) is 25.9. The van der Waals surface area contributed by atoms with Gasteiger partial charge >= 0.3 is 13.6 Å². The molecule has 2 saturated heterocycles. The van der Waals surface area contributed by atoms with Gasteiger partial charge < -0.3 is 47.8 Å². The molecule has 2 N–H and O–H groups in total.